The van der Waals surface area contributed by atoms with E-state index in [1.54, 1.807) is 5.57 Å². The van der Waals surface area contributed by atoms with Crippen LogP contribution in [0.3, 0.4) is 0 Å². The molecular weight excluding hydrogens is 196 g/mol. The molecule has 92 valence electrons. The molecule has 0 amide bonds. The molecule has 0 unspecified atom stereocenters. The molecule has 1 saturated carbocycles. The Morgan fingerprint density at radius 3 is 2.69 bits per heavy atom. The van der Waals surface area contributed by atoms with Crippen LogP contribution in [0.1, 0.15) is 46.5 Å². The Morgan fingerprint density at radius 2 is 2.06 bits per heavy atom. The molecule has 1 N–H and O–H groups in total. The minimum absolute atomic E-state index is 0.402. The Hall–Kier alpha value is -0.300. The van der Waals surface area contributed by atoms with E-state index in [2.05, 4.69) is 26.8 Å². The molecule has 0 aromatic rings. The smallest absolute Gasteiger partial charge is 0.0462 e. The van der Waals surface area contributed by atoms with Crippen molar-refractivity contribution in [1.29, 1.82) is 0 Å². The van der Waals surface area contributed by atoms with Crippen molar-refractivity contribution in [3.63, 3.8) is 0 Å². The highest BCUT2D eigenvalue weighted by Gasteiger charge is 2.40. The molecule has 2 rings (SSSR count). The normalized spacial score (nSPS) is 39.4. The van der Waals surface area contributed by atoms with Crippen LogP contribution in [-0.2, 0) is 0 Å². The van der Waals surface area contributed by atoms with Gasteiger partial charge in [-0.1, -0.05) is 25.5 Å². The van der Waals surface area contributed by atoms with Crippen molar-refractivity contribution in [3.05, 3.63) is 11.6 Å². The molecule has 1 heteroatoms. The highest BCUT2D eigenvalue weighted by atomic mass is 16.3. The average molecular weight is 222 g/mol. The largest absolute Gasteiger partial charge is 0.396 e. The predicted molar refractivity (Wildman–Crippen MR) is 68.1 cm³/mol. The maximum Gasteiger partial charge on any atom is 0.0462 e. The van der Waals surface area contributed by atoms with E-state index in [9.17, 15) is 5.11 Å². The first-order valence-corrected chi connectivity index (χ1v) is 6.91. The Bertz CT molecular complexity index is 267. The zero-order valence-electron chi connectivity index (χ0n) is 10.9. The van der Waals surface area contributed by atoms with Crippen LogP contribution in [0, 0.1) is 29.6 Å². The lowest BCUT2D eigenvalue weighted by molar-refractivity contribution is 0.0440. The van der Waals surface area contributed by atoms with Crippen molar-refractivity contribution in [3.8, 4) is 0 Å². The Morgan fingerprint density at radius 1 is 1.31 bits per heavy atom. The summed E-state index contributed by atoms with van der Waals surface area (Å²) in [5, 5.41) is 9.50. The van der Waals surface area contributed by atoms with Crippen LogP contribution in [0.4, 0.5) is 0 Å². The summed E-state index contributed by atoms with van der Waals surface area (Å²) in [5.74, 6) is 3.72. The summed E-state index contributed by atoms with van der Waals surface area (Å²) >= 11 is 0. The van der Waals surface area contributed by atoms with E-state index in [1.807, 2.05) is 0 Å². The number of fused-ring (bicyclic) bond motifs is 1. The molecule has 0 radical (unpaired) electrons. The van der Waals surface area contributed by atoms with Gasteiger partial charge in [-0.2, -0.15) is 0 Å². The Balaban J connectivity index is 2.20. The molecule has 0 spiro atoms. The van der Waals surface area contributed by atoms with Crippen LogP contribution >= 0.6 is 0 Å². The van der Waals surface area contributed by atoms with Gasteiger partial charge in [0.15, 0.2) is 0 Å². The van der Waals surface area contributed by atoms with E-state index in [-0.39, 0.29) is 0 Å². The Labute approximate surface area is 99.9 Å². The summed E-state index contributed by atoms with van der Waals surface area (Å²) < 4.78 is 0. The number of allylic oxidation sites excluding steroid dienone is 2. The molecule has 4 atom stereocenters. The highest BCUT2D eigenvalue weighted by molar-refractivity contribution is 5.11. The van der Waals surface area contributed by atoms with E-state index >= 15 is 0 Å². The van der Waals surface area contributed by atoms with Crippen LogP contribution in [0.15, 0.2) is 11.6 Å². The summed E-state index contributed by atoms with van der Waals surface area (Å²) in [6, 6.07) is 0. The van der Waals surface area contributed by atoms with E-state index in [0.717, 1.165) is 23.7 Å². The Kier molecular flexibility index (Phi) is 3.73. The predicted octanol–water partition coefficient (Wildman–Crippen LogP) is 3.63. The van der Waals surface area contributed by atoms with Crippen molar-refractivity contribution < 1.29 is 5.11 Å². The topological polar surface area (TPSA) is 20.2 Å². The van der Waals surface area contributed by atoms with Gasteiger partial charge in [-0.05, 0) is 62.2 Å². The van der Waals surface area contributed by atoms with Gasteiger partial charge in [0.2, 0.25) is 0 Å². The molecule has 0 saturated heterocycles. The number of rotatable bonds is 2. The molecule has 2 aliphatic carbocycles. The fourth-order valence-corrected chi connectivity index (χ4v) is 3.93. The molecule has 1 fully saturated rings. The minimum Gasteiger partial charge on any atom is -0.396 e. The maximum absolute atomic E-state index is 9.50. The van der Waals surface area contributed by atoms with Crippen molar-refractivity contribution in [1.82, 2.24) is 0 Å². The van der Waals surface area contributed by atoms with Gasteiger partial charge in [0.1, 0.15) is 0 Å². The summed E-state index contributed by atoms with van der Waals surface area (Å²) in [6.45, 7) is 7.40. The van der Waals surface area contributed by atoms with E-state index < -0.39 is 0 Å². The highest BCUT2D eigenvalue weighted by Crippen LogP contribution is 2.47. The second kappa shape index (κ2) is 4.91. The maximum atomic E-state index is 9.50. The van der Waals surface area contributed by atoms with Crippen LogP contribution in [0.25, 0.3) is 0 Å². The molecule has 0 aromatic carbocycles. The average Bonchev–Trinajstić information content (AvgIpc) is 2.26. The second-order valence-electron chi connectivity index (χ2n) is 6.22. The van der Waals surface area contributed by atoms with Crippen molar-refractivity contribution in [2.75, 3.05) is 6.61 Å². The minimum atomic E-state index is 0.402. The second-order valence-corrected chi connectivity index (χ2v) is 6.22. The number of aliphatic hydroxyl groups excluding tert-OH is 1. The van der Waals surface area contributed by atoms with Crippen LogP contribution in [-0.4, -0.2) is 11.7 Å². The van der Waals surface area contributed by atoms with Gasteiger partial charge in [-0.3, -0.25) is 0 Å². The lowest BCUT2D eigenvalue weighted by Gasteiger charge is -2.45. The van der Waals surface area contributed by atoms with Gasteiger partial charge in [0, 0.05) is 6.61 Å². The summed E-state index contributed by atoms with van der Waals surface area (Å²) in [5.41, 5.74) is 1.57. The molecule has 0 bridgehead atoms. The standard InChI is InChI=1S/C15H26O/c1-10(2)13-7-5-12(9-16)14-6-4-11(3)8-15(13)14/h8,10,12-16H,4-7,9H2,1-3H3/t12-,13-,14+,15-/m1/s1. The summed E-state index contributed by atoms with van der Waals surface area (Å²) in [4.78, 5) is 0. The number of aliphatic hydroxyl groups is 1. The first kappa shape index (κ1) is 12.2. The zero-order valence-corrected chi connectivity index (χ0v) is 10.9. The van der Waals surface area contributed by atoms with E-state index in [4.69, 9.17) is 0 Å². The molecule has 1 nitrogen and oxygen atoms in total. The molecule has 2 aliphatic rings. The van der Waals surface area contributed by atoms with Crippen LogP contribution in [0.2, 0.25) is 0 Å². The van der Waals surface area contributed by atoms with E-state index in [0.29, 0.717) is 12.5 Å². The van der Waals surface area contributed by atoms with Gasteiger partial charge in [0.25, 0.3) is 0 Å². The molecule has 0 heterocycles. The van der Waals surface area contributed by atoms with Crippen molar-refractivity contribution >= 4 is 0 Å². The molecule has 0 aromatic heterocycles. The third-order valence-electron chi connectivity index (χ3n) is 4.90. The first-order valence-electron chi connectivity index (χ1n) is 6.91. The summed E-state index contributed by atoms with van der Waals surface area (Å²) in [6.07, 6.45) is 7.64. The lowest BCUT2D eigenvalue weighted by atomic mass is 9.60. The molecule has 16 heavy (non-hydrogen) atoms. The van der Waals surface area contributed by atoms with E-state index in [1.165, 1.54) is 25.7 Å². The third kappa shape index (κ3) is 2.20. The van der Waals surface area contributed by atoms with Crippen LogP contribution < -0.4 is 0 Å². The van der Waals surface area contributed by atoms with Gasteiger partial charge in [0.05, 0.1) is 0 Å². The lowest BCUT2D eigenvalue weighted by Crippen LogP contribution is -2.39. The molecular formula is C15H26O. The monoisotopic (exact) mass is 222 g/mol. The summed E-state index contributed by atoms with van der Waals surface area (Å²) in [7, 11) is 0. The van der Waals surface area contributed by atoms with Crippen LogP contribution in [0.5, 0.6) is 0 Å². The van der Waals surface area contributed by atoms with Gasteiger partial charge < -0.3 is 5.11 Å². The fraction of sp³-hybridized carbons (Fsp3) is 0.867. The number of hydrogen-bond donors (Lipinski definition) is 1. The van der Waals surface area contributed by atoms with Crippen molar-refractivity contribution in [2.24, 2.45) is 29.6 Å². The fourth-order valence-electron chi connectivity index (χ4n) is 3.93. The zero-order chi connectivity index (χ0) is 11.7. The SMILES string of the molecule is CC1=C[C@H]2[C@@H](CC1)[C@@H](CO)CC[C@@H]2C(C)C. The quantitative estimate of drug-likeness (QED) is 0.707. The molecule has 0 aliphatic heterocycles. The van der Waals surface area contributed by atoms with Crippen molar-refractivity contribution in [2.45, 2.75) is 46.5 Å². The van der Waals surface area contributed by atoms with Gasteiger partial charge in [-0.25, -0.2) is 0 Å². The van der Waals surface area contributed by atoms with Gasteiger partial charge in [-0.15, -0.1) is 0 Å². The first-order chi connectivity index (χ1) is 7.63. The number of hydrogen-bond acceptors (Lipinski definition) is 1. The van der Waals surface area contributed by atoms with Gasteiger partial charge >= 0.3 is 0 Å². The third-order valence-corrected chi connectivity index (χ3v) is 4.90.